The normalized spacial score (nSPS) is 19.0. The summed E-state index contributed by atoms with van der Waals surface area (Å²) >= 11 is 0. The van der Waals surface area contributed by atoms with Gasteiger partial charge in [-0.05, 0) is 44.0 Å². The second kappa shape index (κ2) is 8.11. The fourth-order valence-corrected chi connectivity index (χ4v) is 3.56. The van der Waals surface area contributed by atoms with Gasteiger partial charge in [0.25, 0.3) is 0 Å². The zero-order valence-corrected chi connectivity index (χ0v) is 14.2. The monoisotopic (exact) mass is 326 g/mol. The fourth-order valence-electron chi connectivity index (χ4n) is 3.56. The van der Waals surface area contributed by atoms with Crippen LogP contribution in [0, 0.1) is 5.92 Å². The zero-order valence-electron chi connectivity index (χ0n) is 14.2. The van der Waals surface area contributed by atoms with E-state index < -0.39 is 0 Å². The molecule has 1 amide bonds. The number of hydrogen-bond donors (Lipinski definition) is 2. The third-order valence-electron chi connectivity index (χ3n) is 4.77. The maximum Gasteiger partial charge on any atom is 0.226 e. The van der Waals surface area contributed by atoms with Crippen LogP contribution in [-0.2, 0) is 11.2 Å². The Morgan fingerprint density at radius 2 is 2.21 bits per heavy atom. The van der Waals surface area contributed by atoms with E-state index in [1.165, 1.54) is 0 Å². The van der Waals surface area contributed by atoms with Gasteiger partial charge in [0.1, 0.15) is 5.82 Å². The highest BCUT2D eigenvalue weighted by Crippen LogP contribution is 2.27. The molecule has 2 unspecified atom stereocenters. The van der Waals surface area contributed by atoms with E-state index >= 15 is 0 Å². The lowest BCUT2D eigenvalue weighted by atomic mass is 9.87. The number of nitrogens with zero attached hydrogens (tertiary/aromatic N) is 2. The number of aromatic amines is 1. The minimum Gasteiger partial charge on any atom is -0.349 e. The first-order valence-electron chi connectivity index (χ1n) is 8.85. The molecule has 1 aliphatic rings. The van der Waals surface area contributed by atoms with E-state index in [4.69, 9.17) is 0 Å². The third kappa shape index (κ3) is 3.85. The van der Waals surface area contributed by atoms with Gasteiger partial charge in [-0.25, -0.2) is 4.98 Å². The first-order valence-corrected chi connectivity index (χ1v) is 8.85. The van der Waals surface area contributed by atoms with Crippen molar-refractivity contribution in [1.29, 1.82) is 0 Å². The van der Waals surface area contributed by atoms with Crippen molar-refractivity contribution in [3.8, 4) is 0 Å². The highest BCUT2D eigenvalue weighted by atomic mass is 16.2. The fraction of sp³-hybridized carbons (Fsp3) is 0.474. The van der Waals surface area contributed by atoms with Crippen molar-refractivity contribution < 1.29 is 4.79 Å². The van der Waals surface area contributed by atoms with Crippen LogP contribution in [0.4, 0.5) is 5.69 Å². The second-order valence-electron chi connectivity index (χ2n) is 6.37. The van der Waals surface area contributed by atoms with E-state index in [0.29, 0.717) is 12.3 Å². The molecule has 2 atom stereocenters. The van der Waals surface area contributed by atoms with E-state index in [1.807, 2.05) is 48.4 Å². The molecular weight excluding hydrogens is 300 g/mol. The number of nitrogens with one attached hydrogen (secondary N) is 2. The van der Waals surface area contributed by atoms with Crippen LogP contribution in [0.15, 0.2) is 42.7 Å². The number of imidazole rings is 1. The number of amides is 1. The molecule has 1 aliphatic heterocycles. The minimum absolute atomic E-state index is 0.110. The maximum atomic E-state index is 12.8. The van der Waals surface area contributed by atoms with E-state index in [9.17, 15) is 4.79 Å². The SMILES string of the molecule is CCC(=O)N(c1ccccc1)C(Cc1ncc[nH]1)C1CCCNC1. The Morgan fingerprint density at radius 1 is 1.38 bits per heavy atom. The number of anilines is 1. The highest BCUT2D eigenvalue weighted by molar-refractivity contribution is 5.93. The van der Waals surface area contributed by atoms with Crippen molar-refractivity contribution in [3.63, 3.8) is 0 Å². The number of carbonyl (C=O) groups is 1. The number of piperidine rings is 1. The van der Waals surface area contributed by atoms with Gasteiger partial charge in [0.15, 0.2) is 0 Å². The Kier molecular flexibility index (Phi) is 5.64. The van der Waals surface area contributed by atoms with Gasteiger partial charge >= 0.3 is 0 Å². The lowest BCUT2D eigenvalue weighted by Gasteiger charge is -2.39. The molecule has 0 aliphatic carbocycles. The summed E-state index contributed by atoms with van der Waals surface area (Å²) in [6, 6.07) is 10.1. The van der Waals surface area contributed by atoms with Crippen LogP contribution >= 0.6 is 0 Å². The Morgan fingerprint density at radius 3 is 2.83 bits per heavy atom. The van der Waals surface area contributed by atoms with Gasteiger partial charge in [0, 0.05) is 37.0 Å². The van der Waals surface area contributed by atoms with Gasteiger partial charge in [0.05, 0.1) is 0 Å². The number of carbonyl (C=O) groups excluding carboxylic acids is 1. The Hall–Kier alpha value is -2.14. The Labute approximate surface area is 143 Å². The number of rotatable bonds is 6. The van der Waals surface area contributed by atoms with Gasteiger partial charge < -0.3 is 15.2 Å². The van der Waals surface area contributed by atoms with Crippen LogP contribution in [0.25, 0.3) is 0 Å². The number of benzene rings is 1. The van der Waals surface area contributed by atoms with Gasteiger partial charge in [-0.1, -0.05) is 25.1 Å². The first-order chi connectivity index (χ1) is 11.8. The van der Waals surface area contributed by atoms with Gasteiger partial charge in [0.2, 0.25) is 5.91 Å². The maximum absolute atomic E-state index is 12.8. The lowest BCUT2D eigenvalue weighted by Crippen LogP contribution is -2.50. The molecule has 2 N–H and O–H groups in total. The molecule has 0 bridgehead atoms. The van der Waals surface area contributed by atoms with Gasteiger partial charge in [-0.3, -0.25) is 4.79 Å². The van der Waals surface area contributed by atoms with Crippen molar-refractivity contribution in [1.82, 2.24) is 15.3 Å². The molecule has 1 fully saturated rings. The molecule has 0 spiro atoms. The van der Waals surface area contributed by atoms with Crippen LogP contribution in [0.3, 0.4) is 0 Å². The van der Waals surface area contributed by atoms with E-state index in [-0.39, 0.29) is 11.9 Å². The number of para-hydroxylation sites is 1. The second-order valence-corrected chi connectivity index (χ2v) is 6.37. The summed E-state index contributed by atoms with van der Waals surface area (Å²) < 4.78 is 0. The summed E-state index contributed by atoms with van der Waals surface area (Å²) in [4.78, 5) is 22.4. The molecule has 5 heteroatoms. The summed E-state index contributed by atoms with van der Waals surface area (Å²) in [5.41, 5.74) is 0.978. The van der Waals surface area contributed by atoms with Crippen LogP contribution in [-0.4, -0.2) is 35.0 Å². The van der Waals surface area contributed by atoms with Crippen LogP contribution in [0.5, 0.6) is 0 Å². The molecule has 2 heterocycles. The average molecular weight is 326 g/mol. The molecule has 0 saturated carbocycles. The standard InChI is InChI=1S/C19H26N4O/c1-2-19(24)23(16-8-4-3-5-9-16)17(13-18-21-11-12-22-18)15-7-6-10-20-14-15/h3-5,8-9,11-12,15,17,20H,2,6-7,10,13-14H2,1H3,(H,21,22). The molecule has 24 heavy (non-hydrogen) atoms. The zero-order chi connectivity index (χ0) is 16.8. The van der Waals surface area contributed by atoms with Crippen molar-refractivity contribution >= 4 is 11.6 Å². The minimum atomic E-state index is 0.110. The quantitative estimate of drug-likeness (QED) is 0.858. The van der Waals surface area contributed by atoms with E-state index in [1.54, 1.807) is 6.20 Å². The predicted octanol–water partition coefficient (Wildman–Crippen LogP) is 2.76. The van der Waals surface area contributed by atoms with Crippen LogP contribution < -0.4 is 10.2 Å². The number of hydrogen-bond acceptors (Lipinski definition) is 3. The first kappa shape index (κ1) is 16.7. The Bertz CT molecular complexity index is 620. The summed E-state index contributed by atoms with van der Waals surface area (Å²) in [5, 5.41) is 3.49. The molecule has 1 aromatic heterocycles. The molecule has 3 rings (SSSR count). The van der Waals surface area contributed by atoms with Crippen LogP contribution in [0.2, 0.25) is 0 Å². The molecule has 1 aromatic carbocycles. The summed E-state index contributed by atoms with van der Waals surface area (Å²) in [7, 11) is 0. The van der Waals surface area contributed by atoms with Gasteiger partial charge in [-0.15, -0.1) is 0 Å². The smallest absolute Gasteiger partial charge is 0.226 e. The Balaban J connectivity index is 1.94. The predicted molar refractivity (Wildman–Crippen MR) is 95.9 cm³/mol. The molecule has 128 valence electrons. The summed E-state index contributed by atoms with van der Waals surface area (Å²) in [6.07, 6.45) is 7.17. The van der Waals surface area contributed by atoms with Crippen LogP contribution in [0.1, 0.15) is 32.0 Å². The third-order valence-corrected chi connectivity index (χ3v) is 4.77. The summed E-state index contributed by atoms with van der Waals surface area (Å²) in [6.45, 7) is 3.95. The molecule has 1 saturated heterocycles. The molecular formula is C19H26N4O. The number of H-pyrrole nitrogens is 1. The van der Waals surface area contributed by atoms with E-state index in [2.05, 4.69) is 15.3 Å². The van der Waals surface area contributed by atoms with Crippen molar-refractivity contribution in [2.75, 3.05) is 18.0 Å². The largest absolute Gasteiger partial charge is 0.349 e. The molecule has 0 radical (unpaired) electrons. The van der Waals surface area contributed by atoms with Crippen molar-refractivity contribution in [3.05, 3.63) is 48.5 Å². The van der Waals surface area contributed by atoms with Crippen molar-refractivity contribution in [2.45, 2.75) is 38.6 Å². The summed E-state index contributed by atoms with van der Waals surface area (Å²) in [5.74, 6) is 1.54. The molecule has 5 nitrogen and oxygen atoms in total. The van der Waals surface area contributed by atoms with E-state index in [0.717, 1.165) is 43.9 Å². The average Bonchev–Trinajstić information content (AvgIpc) is 3.16. The lowest BCUT2D eigenvalue weighted by molar-refractivity contribution is -0.119. The topological polar surface area (TPSA) is 61.0 Å². The highest BCUT2D eigenvalue weighted by Gasteiger charge is 2.32. The van der Waals surface area contributed by atoms with Crippen molar-refractivity contribution in [2.24, 2.45) is 5.92 Å². The number of aromatic nitrogens is 2. The molecule has 2 aromatic rings. The van der Waals surface area contributed by atoms with Gasteiger partial charge in [-0.2, -0.15) is 0 Å².